The number of Topliss-reactive ketones (excluding diaryl/α,β-unsaturated/α-hetero) is 1. The highest BCUT2D eigenvalue weighted by molar-refractivity contribution is 6.25. The summed E-state index contributed by atoms with van der Waals surface area (Å²) in [6, 6.07) is -0.964. The molecule has 22 heavy (non-hydrogen) atoms. The first-order valence-electron chi connectivity index (χ1n) is 7.14. The third kappa shape index (κ3) is 8.28. The van der Waals surface area contributed by atoms with Gasteiger partial charge in [0, 0.05) is 13.0 Å². The lowest BCUT2D eigenvalue weighted by Crippen LogP contribution is -2.46. The molecule has 0 aliphatic heterocycles. The molecule has 8 heteroatoms. The first-order chi connectivity index (χ1) is 10.3. The molecule has 0 aromatic heterocycles. The standard InChI is InChI=1S/C14H23N3O5/c1-5-21-10(4)13(19)17-12(14(20)22-9(2)3)7-6-11(18)8-16-15/h8-10,12H,5-7H2,1-4H3,(H,17,19)/t10-,12-/m0/s1. The van der Waals surface area contributed by atoms with E-state index >= 15 is 0 Å². The topological polar surface area (TPSA) is 118 Å². The first kappa shape index (κ1) is 19.9. The summed E-state index contributed by atoms with van der Waals surface area (Å²) in [6.07, 6.45) is -0.332. The number of amides is 1. The second-order valence-electron chi connectivity index (χ2n) is 4.89. The molecule has 124 valence electrons. The normalized spacial score (nSPS) is 13.0. The fourth-order valence-electron chi connectivity index (χ4n) is 1.59. The molecular weight excluding hydrogens is 290 g/mol. The average Bonchev–Trinajstić information content (AvgIpc) is 2.42. The van der Waals surface area contributed by atoms with Gasteiger partial charge in [0.2, 0.25) is 11.7 Å². The van der Waals surface area contributed by atoms with E-state index in [0.29, 0.717) is 6.61 Å². The third-order valence-electron chi connectivity index (χ3n) is 2.62. The van der Waals surface area contributed by atoms with Gasteiger partial charge < -0.3 is 20.3 Å². The van der Waals surface area contributed by atoms with Crippen molar-refractivity contribution in [3.05, 3.63) is 5.53 Å². The van der Waals surface area contributed by atoms with Crippen LogP contribution in [0.15, 0.2) is 0 Å². The van der Waals surface area contributed by atoms with Gasteiger partial charge in [-0.2, -0.15) is 4.79 Å². The van der Waals surface area contributed by atoms with Crippen molar-refractivity contribution in [3.8, 4) is 0 Å². The fourth-order valence-corrected chi connectivity index (χ4v) is 1.59. The molecule has 8 nitrogen and oxygen atoms in total. The van der Waals surface area contributed by atoms with Gasteiger partial charge in [-0.15, -0.1) is 0 Å². The number of carbonyl (C=O) groups is 3. The number of esters is 1. The predicted molar refractivity (Wildman–Crippen MR) is 78.2 cm³/mol. The van der Waals surface area contributed by atoms with Crippen LogP contribution in [0.2, 0.25) is 0 Å². The minimum absolute atomic E-state index is 0.0427. The molecule has 0 saturated heterocycles. The highest BCUT2D eigenvalue weighted by atomic mass is 16.5. The van der Waals surface area contributed by atoms with Crippen molar-refractivity contribution in [2.45, 2.75) is 58.8 Å². The Morgan fingerprint density at radius 1 is 1.27 bits per heavy atom. The molecule has 0 radical (unpaired) electrons. The molecule has 0 bridgehead atoms. The molecule has 0 aromatic carbocycles. The Kier molecular flexibility index (Phi) is 9.65. The molecule has 1 amide bonds. The van der Waals surface area contributed by atoms with Gasteiger partial charge in [0.1, 0.15) is 12.1 Å². The molecule has 0 aliphatic rings. The molecule has 2 atom stereocenters. The molecule has 0 aromatic rings. The summed E-state index contributed by atoms with van der Waals surface area (Å²) in [5.41, 5.74) is 8.28. The quantitative estimate of drug-likeness (QED) is 0.273. The third-order valence-corrected chi connectivity index (χ3v) is 2.62. The monoisotopic (exact) mass is 313 g/mol. The van der Waals surface area contributed by atoms with Crippen molar-refractivity contribution in [2.24, 2.45) is 0 Å². The second kappa shape index (κ2) is 10.6. The number of ether oxygens (including phenoxy) is 2. The highest BCUT2D eigenvalue weighted by Crippen LogP contribution is 2.04. The second-order valence-corrected chi connectivity index (χ2v) is 4.89. The van der Waals surface area contributed by atoms with Crippen LogP contribution in [0.3, 0.4) is 0 Å². The zero-order chi connectivity index (χ0) is 17.1. The van der Waals surface area contributed by atoms with Crippen molar-refractivity contribution in [1.82, 2.24) is 5.32 Å². The molecule has 0 fully saturated rings. The zero-order valence-electron chi connectivity index (χ0n) is 13.4. The molecule has 0 heterocycles. The number of nitrogens with zero attached hydrogens (tertiary/aromatic N) is 2. The van der Waals surface area contributed by atoms with Gasteiger partial charge in [0.15, 0.2) is 0 Å². The van der Waals surface area contributed by atoms with Crippen LogP contribution < -0.4 is 5.32 Å². The molecule has 1 N–H and O–H groups in total. The van der Waals surface area contributed by atoms with E-state index in [1.54, 1.807) is 27.7 Å². The maximum atomic E-state index is 12.0. The summed E-state index contributed by atoms with van der Waals surface area (Å²) in [7, 11) is 0. The Labute approximate surface area is 129 Å². The van der Waals surface area contributed by atoms with Crippen molar-refractivity contribution >= 4 is 23.9 Å². The van der Waals surface area contributed by atoms with Crippen LogP contribution >= 0.6 is 0 Å². The molecule has 0 saturated carbocycles. The number of hydrogen-bond acceptors (Lipinski definition) is 5. The molecule has 0 aliphatic carbocycles. The van der Waals surface area contributed by atoms with Crippen LogP contribution in [0.5, 0.6) is 0 Å². The Morgan fingerprint density at radius 2 is 1.91 bits per heavy atom. The Bertz CT molecular complexity index is 444. The van der Waals surface area contributed by atoms with E-state index in [2.05, 4.69) is 10.1 Å². The van der Waals surface area contributed by atoms with E-state index < -0.39 is 29.8 Å². The summed E-state index contributed by atoms with van der Waals surface area (Å²) in [5.74, 6) is -1.55. The lowest BCUT2D eigenvalue weighted by molar-refractivity contribution is -0.152. The summed E-state index contributed by atoms with van der Waals surface area (Å²) in [5, 5.41) is 2.51. The predicted octanol–water partition coefficient (Wildman–Crippen LogP) is 0.498. The molecule has 0 spiro atoms. The summed E-state index contributed by atoms with van der Waals surface area (Å²) >= 11 is 0. The van der Waals surface area contributed by atoms with E-state index in [-0.39, 0.29) is 18.9 Å². The van der Waals surface area contributed by atoms with Crippen molar-refractivity contribution < 1.29 is 28.6 Å². The van der Waals surface area contributed by atoms with Crippen LogP contribution in [-0.4, -0.2) is 53.5 Å². The molecular formula is C14H23N3O5. The smallest absolute Gasteiger partial charge is 0.328 e. The highest BCUT2D eigenvalue weighted by Gasteiger charge is 2.26. The fraction of sp³-hybridized carbons (Fsp3) is 0.714. The molecule has 0 rings (SSSR count). The van der Waals surface area contributed by atoms with Crippen molar-refractivity contribution in [3.63, 3.8) is 0 Å². The number of hydrogen-bond donors (Lipinski definition) is 1. The van der Waals surface area contributed by atoms with E-state index in [9.17, 15) is 14.4 Å². The zero-order valence-corrected chi connectivity index (χ0v) is 13.4. The summed E-state index contributed by atoms with van der Waals surface area (Å²) < 4.78 is 10.2. The number of rotatable bonds is 10. The molecule has 0 unspecified atom stereocenters. The van der Waals surface area contributed by atoms with Crippen molar-refractivity contribution in [1.29, 1.82) is 0 Å². The maximum absolute atomic E-state index is 12.0. The summed E-state index contributed by atoms with van der Waals surface area (Å²) in [4.78, 5) is 37.8. The van der Waals surface area contributed by atoms with E-state index in [4.69, 9.17) is 15.0 Å². The van der Waals surface area contributed by atoms with Crippen LogP contribution in [-0.2, 0) is 23.9 Å². The van der Waals surface area contributed by atoms with Gasteiger partial charge in [-0.25, -0.2) is 4.79 Å². The van der Waals surface area contributed by atoms with Gasteiger partial charge in [-0.1, -0.05) is 0 Å². The van der Waals surface area contributed by atoms with E-state index in [1.165, 1.54) is 0 Å². The minimum Gasteiger partial charge on any atom is -0.461 e. The Hall–Kier alpha value is -2.05. The summed E-state index contributed by atoms with van der Waals surface area (Å²) in [6.45, 7) is 7.04. The van der Waals surface area contributed by atoms with Gasteiger partial charge in [-0.05, 0) is 34.1 Å². The van der Waals surface area contributed by atoms with E-state index in [0.717, 1.165) is 6.21 Å². The number of carbonyl (C=O) groups excluding carboxylic acids is 3. The van der Waals surface area contributed by atoms with Gasteiger partial charge in [0.05, 0.1) is 6.10 Å². The Morgan fingerprint density at radius 3 is 2.41 bits per heavy atom. The van der Waals surface area contributed by atoms with Crippen LogP contribution in [0.25, 0.3) is 5.53 Å². The van der Waals surface area contributed by atoms with Crippen LogP contribution in [0.4, 0.5) is 0 Å². The van der Waals surface area contributed by atoms with E-state index in [1.807, 2.05) is 0 Å². The first-order valence-corrected chi connectivity index (χ1v) is 7.14. The van der Waals surface area contributed by atoms with Crippen molar-refractivity contribution in [2.75, 3.05) is 6.61 Å². The lowest BCUT2D eigenvalue weighted by Gasteiger charge is -2.20. The maximum Gasteiger partial charge on any atom is 0.328 e. The number of nitrogens with one attached hydrogen (secondary N) is 1. The number of ketones is 1. The largest absolute Gasteiger partial charge is 0.461 e. The van der Waals surface area contributed by atoms with Crippen LogP contribution in [0, 0.1) is 0 Å². The van der Waals surface area contributed by atoms with Gasteiger partial charge in [-0.3, -0.25) is 9.59 Å². The van der Waals surface area contributed by atoms with Gasteiger partial charge >= 0.3 is 12.2 Å². The minimum atomic E-state index is -0.964. The lowest BCUT2D eigenvalue weighted by atomic mass is 10.1. The Balaban J connectivity index is 4.77. The average molecular weight is 313 g/mol. The van der Waals surface area contributed by atoms with Gasteiger partial charge in [0.25, 0.3) is 0 Å². The van der Waals surface area contributed by atoms with Crippen LogP contribution in [0.1, 0.15) is 40.5 Å². The SMILES string of the molecule is CCO[C@@H](C)C(=O)N[C@@H](CCC(=O)C=[N+]=[N-])C(=O)OC(C)C.